The lowest BCUT2D eigenvalue weighted by Crippen LogP contribution is -2.49. The van der Waals surface area contributed by atoms with Gasteiger partial charge < -0.3 is 14.4 Å². The molecule has 1 unspecified atom stereocenters. The molecule has 2 aromatic carbocycles. The number of hydrogen-bond acceptors (Lipinski definition) is 4. The van der Waals surface area contributed by atoms with Crippen molar-refractivity contribution in [1.82, 2.24) is 29.1 Å². The third-order valence-electron chi connectivity index (χ3n) is 7.71. The maximum absolute atomic E-state index is 13.2. The number of likely N-dealkylation sites (N-methyl/N-ethyl adjacent to an activating group) is 1. The van der Waals surface area contributed by atoms with Crippen LogP contribution in [-0.4, -0.2) is 67.1 Å². The topological polar surface area (TPSA) is 76.3 Å². The number of hydrogen-bond donors (Lipinski definition) is 0. The van der Waals surface area contributed by atoms with E-state index in [9.17, 15) is 9.59 Å². The van der Waals surface area contributed by atoms with Crippen LogP contribution in [0.15, 0.2) is 73.3 Å². The van der Waals surface area contributed by atoms with Crippen LogP contribution in [0.1, 0.15) is 24.0 Å². The van der Waals surface area contributed by atoms with Crippen molar-refractivity contribution in [3.05, 3.63) is 84.4 Å². The molecule has 3 heterocycles. The van der Waals surface area contributed by atoms with Crippen molar-refractivity contribution in [2.75, 3.05) is 20.1 Å². The molecule has 0 radical (unpaired) electrons. The summed E-state index contributed by atoms with van der Waals surface area (Å²) >= 11 is 0. The Kier molecular flexibility index (Phi) is 7.35. The summed E-state index contributed by atoms with van der Waals surface area (Å²) in [6, 6.07) is 18.2. The number of benzene rings is 2. The smallest absolute Gasteiger partial charge is 0.244 e. The molecule has 37 heavy (non-hydrogen) atoms. The Hall–Kier alpha value is -3.94. The molecule has 0 saturated carbocycles. The second kappa shape index (κ2) is 11.0. The van der Waals surface area contributed by atoms with Crippen LogP contribution >= 0.6 is 0 Å². The van der Waals surface area contributed by atoms with Gasteiger partial charge in [0.25, 0.3) is 0 Å². The van der Waals surface area contributed by atoms with E-state index in [1.165, 1.54) is 11.1 Å². The SMILES string of the molecule is Cc1ccccc1CC(C1CCN(C(=O)Cn2cnc3ccccc32)CC1)N(C)C(=O)Cn1cccn1. The average Bonchev–Trinajstić information content (AvgIpc) is 3.58. The summed E-state index contributed by atoms with van der Waals surface area (Å²) in [6.07, 6.45) is 7.78. The Balaban J connectivity index is 1.26. The van der Waals surface area contributed by atoms with Crippen LogP contribution in [0.4, 0.5) is 0 Å². The average molecular weight is 499 g/mol. The molecule has 1 saturated heterocycles. The first-order valence-corrected chi connectivity index (χ1v) is 12.9. The van der Waals surface area contributed by atoms with Crippen LogP contribution in [0, 0.1) is 12.8 Å². The van der Waals surface area contributed by atoms with Gasteiger partial charge in [0, 0.05) is 38.6 Å². The zero-order valence-electron chi connectivity index (χ0n) is 21.5. The van der Waals surface area contributed by atoms with Gasteiger partial charge in [-0.25, -0.2) is 4.98 Å². The number of rotatable bonds is 8. The van der Waals surface area contributed by atoms with Gasteiger partial charge in [-0.05, 0) is 61.4 Å². The molecule has 1 fully saturated rings. The summed E-state index contributed by atoms with van der Waals surface area (Å²) in [5.41, 5.74) is 4.37. The zero-order chi connectivity index (χ0) is 25.8. The third-order valence-corrected chi connectivity index (χ3v) is 7.71. The monoisotopic (exact) mass is 498 g/mol. The van der Waals surface area contributed by atoms with Crippen LogP contribution in [0.3, 0.4) is 0 Å². The Morgan fingerprint density at radius 3 is 2.54 bits per heavy atom. The molecule has 0 N–H and O–H groups in total. The predicted molar refractivity (Wildman–Crippen MR) is 143 cm³/mol. The molecule has 8 heteroatoms. The highest BCUT2D eigenvalue weighted by Crippen LogP contribution is 2.28. The molecule has 0 spiro atoms. The van der Waals surface area contributed by atoms with E-state index in [-0.39, 0.29) is 24.4 Å². The lowest BCUT2D eigenvalue weighted by Gasteiger charge is -2.40. The molecule has 1 atom stereocenters. The Labute approximate surface area is 217 Å². The highest BCUT2D eigenvalue weighted by Gasteiger charge is 2.33. The van der Waals surface area contributed by atoms with E-state index in [0.29, 0.717) is 25.6 Å². The largest absolute Gasteiger partial charge is 0.341 e. The molecule has 0 bridgehead atoms. The standard InChI is InChI=1S/C29H34N6O2/c1-22-8-3-4-9-24(22)18-27(32(2)28(36)20-35-15-7-14-31-35)23-12-16-33(17-13-23)29(37)19-34-21-30-25-10-5-6-11-26(25)34/h3-11,14-15,21,23,27H,12-13,16-20H2,1-2H3. The first-order chi connectivity index (χ1) is 18.0. The van der Waals surface area contributed by atoms with Gasteiger partial charge in [0.15, 0.2) is 0 Å². The van der Waals surface area contributed by atoms with Crippen molar-refractivity contribution in [2.24, 2.45) is 5.92 Å². The van der Waals surface area contributed by atoms with E-state index in [1.807, 2.05) is 64.0 Å². The summed E-state index contributed by atoms with van der Waals surface area (Å²) < 4.78 is 3.59. The molecule has 2 aromatic heterocycles. The molecule has 4 aromatic rings. The third kappa shape index (κ3) is 5.58. The fourth-order valence-electron chi connectivity index (χ4n) is 5.43. The number of carbonyl (C=O) groups excluding carboxylic acids is 2. The second-order valence-electron chi connectivity index (χ2n) is 9.99. The van der Waals surface area contributed by atoms with E-state index in [1.54, 1.807) is 17.2 Å². The molecular formula is C29H34N6O2. The molecule has 2 amide bonds. The van der Waals surface area contributed by atoms with E-state index < -0.39 is 0 Å². The Morgan fingerprint density at radius 2 is 1.78 bits per heavy atom. The van der Waals surface area contributed by atoms with Gasteiger partial charge in [-0.15, -0.1) is 0 Å². The molecule has 5 rings (SSSR count). The molecule has 192 valence electrons. The lowest BCUT2D eigenvalue weighted by atomic mass is 9.84. The van der Waals surface area contributed by atoms with Crippen molar-refractivity contribution in [3.8, 4) is 0 Å². The summed E-state index contributed by atoms with van der Waals surface area (Å²) in [6.45, 7) is 4.03. The van der Waals surface area contributed by atoms with Gasteiger partial charge in [-0.2, -0.15) is 5.10 Å². The zero-order valence-corrected chi connectivity index (χ0v) is 21.5. The number of carbonyl (C=O) groups is 2. The number of imidazole rings is 1. The van der Waals surface area contributed by atoms with Crippen molar-refractivity contribution in [3.63, 3.8) is 0 Å². The van der Waals surface area contributed by atoms with E-state index in [4.69, 9.17) is 0 Å². The van der Waals surface area contributed by atoms with Gasteiger partial charge in [0.05, 0.1) is 17.4 Å². The maximum Gasteiger partial charge on any atom is 0.244 e. The number of fused-ring (bicyclic) bond motifs is 1. The normalized spacial score (nSPS) is 15.1. The molecule has 1 aliphatic heterocycles. The van der Waals surface area contributed by atoms with Crippen molar-refractivity contribution >= 4 is 22.8 Å². The Bertz CT molecular complexity index is 1350. The minimum atomic E-state index is 0.0489. The number of nitrogens with zero attached hydrogens (tertiary/aromatic N) is 6. The number of piperidine rings is 1. The summed E-state index contributed by atoms with van der Waals surface area (Å²) in [5, 5.41) is 4.21. The Morgan fingerprint density at radius 1 is 1.03 bits per heavy atom. The van der Waals surface area contributed by atoms with Gasteiger partial charge in [0.1, 0.15) is 13.1 Å². The number of para-hydroxylation sites is 2. The van der Waals surface area contributed by atoms with Crippen LogP contribution in [0.5, 0.6) is 0 Å². The molecule has 1 aliphatic rings. The first kappa shape index (κ1) is 24.7. The van der Waals surface area contributed by atoms with Gasteiger partial charge >= 0.3 is 0 Å². The number of likely N-dealkylation sites (tertiary alicyclic amines) is 1. The fourth-order valence-corrected chi connectivity index (χ4v) is 5.43. The van der Waals surface area contributed by atoms with Crippen molar-refractivity contribution in [1.29, 1.82) is 0 Å². The van der Waals surface area contributed by atoms with E-state index >= 15 is 0 Å². The predicted octanol–water partition coefficient (Wildman–Crippen LogP) is 3.55. The lowest BCUT2D eigenvalue weighted by molar-refractivity contribution is -0.137. The molecule has 8 nitrogen and oxygen atoms in total. The minimum Gasteiger partial charge on any atom is -0.341 e. The van der Waals surface area contributed by atoms with Gasteiger partial charge in [0.2, 0.25) is 11.8 Å². The number of aromatic nitrogens is 4. The van der Waals surface area contributed by atoms with Crippen LogP contribution < -0.4 is 0 Å². The van der Waals surface area contributed by atoms with Crippen molar-refractivity contribution < 1.29 is 9.59 Å². The summed E-state index contributed by atoms with van der Waals surface area (Å²) in [7, 11) is 1.91. The molecular weight excluding hydrogens is 464 g/mol. The van der Waals surface area contributed by atoms with Gasteiger partial charge in [-0.3, -0.25) is 14.3 Å². The quantitative estimate of drug-likeness (QED) is 0.372. The number of aryl methyl sites for hydroxylation is 1. The second-order valence-corrected chi connectivity index (χ2v) is 9.99. The fraction of sp³-hybridized carbons (Fsp3) is 0.379. The van der Waals surface area contributed by atoms with Crippen LogP contribution in [0.2, 0.25) is 0 Å². The highest BCUT2D eigenvalue weighted by atomic mass is 16.2. The first-order valence-electron chi connectivity index (χ1n) is 12.9. The van der Waals surface area contributed by atoms with E-state index in [0.717, 1.165) is 30.3 Å². The van der Waals surface area contributed by atoms with Gasteiger partial charge in [-0.1, -0.05) is 36.4 Å². The molecule has 0 aliphatic carbocycles. The summed E-state index contributed by atoms with van der Waals surface area (Å²) in [4.78, 5) is 34.6. The highest BCUT2D eigenvalue weighted by molar-refractivity contribution is 5.80. The summed E-state index contributed by atoms with van der Waals surface area (Å²) in [5.74, 6) is 0.470. The van der Waals surface area contributed by atoms with E-state index in [2.05, 4.69) is 35.2 Å². The minimum absolute atomic E-state index is 0.0489. The van der Waals surface area contributed by atoms with Crippen LogP contribution in [0.25, 0.3) is 11.0 Å². The maximum atomic E-state index is 13.2. The van der Waals surface area contributed by atoms with Crippen LogP contribution in [-0.2, 0) is 29.1 Å². The number of amides is 2. The van der Waals surface area contributed by atoms with Crippen molar-refractivity contribution in [2.45, 2.75) is 45.3 Å².